The van der Waals surface area contributed by atoms with Crippen molar-refractivity contribution >= 4 is 0 Å². The molecule has 0 unspecified atom stereocenters. The van der Waals surface area contributed by atoms with Gasteiger partial charge in [0, 0.05) is 6.54 Å². The molecule has 0 aliphatic rings. The van der Waals surface area contributed by atoms with Gasteiger partial charge in [0.2, 0.25) is 0 Å². The molecule has 0 saturated heterocycles. The number of aliphatic hydroxyl groups is 1. The van der Waals surface area contributed by atoms with Gasteiger partial charge < -0.3 is 10.4 Å². The Bertz CT molecular complexity index is 61.5. The molecule has 8 heavy (non-hydrogen) atoms. The summed E-state index contributed by atoms with van der Waals surface area (Å²) < 4.78 is 22.8. The van der Waals surface area contributed by atoms with Crippen LogP contribution in [0.2, 0.25) is 0 Å². The molecule has 0 bridgehead atoms. The Hall–Kier alpha value is -0.220. The van der Waals surface area contributed by atoms with Crippen LogP contribution in [0.15, 0.2) is 0 Å². The second-order valence-electron chi connectivity index (χ2n) is 1.36. The van der Waals surface area contributed by atoms with Gasteiger partial charge in [-0.3, -0.25) is 0 Å². The summed E-state index contributed by atoms with van der Waals surface area (Å²) >= 11 is 0. The quantitative estimate of drug-likeness (QED) is 0.568. The smallest absolute Gasteiger partial charge is 0.336 e. The minimum atomic E-state index is -3.57. The lowest BCUT2D eigenvalue weighted by Crippen LogP contribution is -2.17. The molecule has 0 aliphatic heterocycles. The largest absolute Gasteiger partial charge is 0.354 e. The average molecular weight is 124 g/mol. The molecule has 0 aromatic rings. The molecule has 0 saturated carbocycles. The Balaban J connectivity index is 3.11. The van der Waals surface area contributed by atoms with Gasteiger partial charge in [0.25, 0.3) is 0 Å². The van der Waals surface area contributed by atoms with Crippen molar-refractivity contribution in [1.29, 1.82) is 0 Å². The molecule has 0 atom stereocenters. The molecule has 0 aliphatic carbocycles. The molecule has 0 spiro atoms. The van der Waals surface area contributed by atoms with E-state index in [1.165, 1.54) is 7.05 Å². The molecule has 2 N–H and O–H groups in total. The van der Waals surface area contributed by atoms with Crippen molar-refractivity contribution in [3.05, 3.63) is 6.54 Å². The van der Waals surface area contributed by atoms with Crippen LogP contribution in [0.3, 0.4) is 0 Å². The van der Waals surface area contributed by atoms with Gasteiger partial charge in [-0.1, -0.05) is 0 Å². The summed E-state index contributed by atoms with van der Waals surface area (Å²) in [4.78, 5) is 0. The van der Waals surface area contributed by atoms with Crippen molar-refractivity contribution in [3.8, 4) is 0 Å². The second-order valence-corrected chi connectivity index (χ2v) is 1.36. The van der Waals surface area contributed by atoms with Crippen molar-refractivity contribution < 1.29 is 13.9 Å². The molecule has 49 valence electrons. The highest BCUT2D eigenvalue weighted by Crippen LogP contribution is 2.12. The number of rotatable bonds is 3. The fourth-order valence-electron chi connectivity index (χ4n) is 0.225. The number of hydrogen-bond donors (Lipinski definition) is 2. The predicted octanol–water partition coefficient (Wildman–Crippen LogP) is 0.343. The van der Waals surface area contributed by atoms with Gasteiger partial charge in [0.05, 0.1) is 6.42 Å². The van der Waals surface area contributed by atoms with Crippen molar-refractivity contribution in [2.75, 3.05) is 7.05 Å². The van der Waals surface area contributed by atoms with Crippen molar-refractivity contribution in [3.63, 3.8) is 0 Å². The maximum Gasteiger partial charge on any atom is 0.354 e. The zero-order valence-corrected chi connectivity index (χ0v) is 4.49. The zero-order valence-electron chi connectivity index (χ0n) is 4.49. The van der Waals surface area contributed by atoms with Crippen LogP contribution in [-0.2, 0) is 0 Å². The average Bonchev–Trinajstić information content (AvgIpc) is 1.59. The highest BCUT2D eigenvalue weighted by molar-refractivity contribution is 4.62. The molecule has 0 amide bonds. The first-order chi connectivity index (χ1) is 3.56. The molecule has 0 aromatic heterocycles. The van der Waals surface area contributed by atoms with Crippen LogP contribution >= 0.6 is 0 Å². The van der Waals surface area contributed by atoms with E-state index in [0.29, 0.717) is 0 Å². The molecule has 0 rings (SSSR count). The highest BCUT2D eigenvalue weighted by Gasteiger charge is 2.22. The molecule has 2 nitrogen and oxygen atoms in total. The lowest BCUT2D eigenvalue weighted by atomic mass is 10.4. The lowest BCUT2D eigenvalue weighted by molar-refractivity contribution is -0.198. The molecule has 0 aromatic carbocycles. The van der Waals surface area contributed by atoms with Crippen molar-refractivity contribution in [1.82, 2.24) is 5.32 Å². The first-order valence-electron chi connectivity index (χ1n) is 2.15. The monoisotopic (exact) mass is 124 g/mol. The summed E-state index contributed by atoms with van der Waals surface area (Å²) in [6, 6.07) is 0. The van der Waals surface area contributed by atoms with E-state index < -0.39 is 12.5 Å². The van der Waals surface area contributed by atoms with Crippen LogP contribution in [-0.4, -0.2) is 18.3 Å². The van der Waals surface area contributed by atoms with Crippen LogP contribution < -0.4 is 5.32 Å². The topological polar surface area (TPSA) is 32.3 Å². The van der Waals surface area contributed by atoms with Gasteiger partial charge in [-0.15, -0.1) is 0 Å². The van der Waals surface area contributed by atoms with E-state index in [4.69, 9.17) is 5.11 Å². The fourth-order valence-corrected chi connectivity index (χ4v) is 0.225. The summed E-state index contributed by atoms with van der Waals surface area (Å²) in [5.74, 6) is 0. The molecular formula is C4H8F2NO. The van der Waals surface area contributed by atoms with Crippen LogP contribution in [0, 0.1) is 6.54 Å². The van der Waals surface area contributed by atoms with E-state index in [1.54, 1.807) is 0 Å². The summed E-state index contributed by atoms with van der Waals surface area (Å²) in [5.41, 5.74) is 0. The fraction of sp³-hybridized carbons (Fsp3) is 0.750. The number of nitrogens with one attached hydrogen (secondary N) is 1. The van der Waals surface area contributed by atoms with Gasteiger partial charge in [0.1, 0.15) is 0 Å². The predicted molar refractivity (Wildman–Crippen MR) is 25.1 cm³/mol. The van der Waals surface area contributed by atoms with Crippen molar-refractivity contribution in [2.45, 2.75) is 12.5 Å². The van der Waals surface area contributed by atoms with Crippen molar-refractivity contribution in [2.24, 2.45) is 0 Å². The summed E-state index contributed by atoms with van der Waals surface area (Å²) in [5, 5.41) is 10.1. The Labute approximate surface area is 46.5 Å². The van der Waals surface area contributed by atoms with E-state index in [-0.39, 0.29) is 0 Å². The van der Waals surface area contributed by atoms with E-state index in [0.717, 1.165) is 6.54 Å². The Kier molecular flexibility index (Phi) is 2.86. The summed E-state index contributed by atoms with van der Waals surface area (Å²) in [7, 11) is 1.49. The minimum absolute atomic E-state index is 0.649. The third-order valence-corrected chi connectivity index (χ3v) is 0.552. The molecular weight excluding hydrogens is 116 g/mol. The number of hydrogen-bond acceptors (Lipinski definition) is 2. The Morgan fingerprint density at radius 1 is 1.75 bits per heavy atom. The van der Waals surface area contributed by atoms with Gasteiger partial charge in [0.15, 0.2) is 0 Å². The molecule has 4 heteroatoms. The van der Waals surface area contributed by atoms with Gasteiger partial charge in [-0.25, -0.2) is 0 Å². The van der Waals surface area contributed by atoms with E-state index >= 15 is 0 Å². The van der Waals surface area contributed by atoms with Crippen LogP contribution in [0.25, 0.3) is 0 Å². The van der Waals surface area contributed by atoms with Crippen LogP contribution in [0.5, 0.6) is 0 Å². The van der Waals surface area contributed by atoms with Crippen LogP contribution in [0.4, 0.5) is 8.78 Å². The van der Waals surface area contributed by atoms with Gasteiger partial charge in [-0.2, -0.15) is 8.78 Å². The Morgan fingerprint density at radius 3 is 2.38 bits per heavy atom. The maximum atomic E-state index is 11.4. The summed E-state index contributed by atoms with van der Waals surface area (Å²) in [6.07, 6.45) is -4.22. The third kappa shape index (κ3) is 5.78. The van der Waals surface area contributed by atoms with Gasteiger partial charge in [-0.05, 0) is 7.05 Å². The number of alkyl halides is 2. The standard InChI is InChI=1S/C4H8F2NO/c1-7-3-2-4(5,6)8/h3,7-8H,2H2,1H3. The van der Waals surface area contributed by atoms with E-state index in [1.807, 2.05) is 0 Å². The normalized spacial score (nSPS) is 12.0. The minimum Gasteiger partial charge on any atom is -0.336 e. The third-order valence-electron chi connectivity index (χ3n) is 0.552. The first-order valence-corrected chi connectivity index (χ1v) is 2.15. The first kappa shape index (κ1) is 7.78. The number of halogens is 2. The van der Waals surface area contributed by atoms with Crippen LogP contribution in [0.1, 0.15) is 6.42 Å². The molecule has 0 heterocycles. The summed E-state index contributed by atoms with van der Waals surface area (Å²) in [6.45, 7) is 1.08. The lowest BCUT2D eigenvalue weighted by Gasteiger charge is -2.05. The second kappa shape index (κ2) is 2.94. The van der Waals surface area contributed by atoms with E-state index in [9.17, 15) is 8.78 Å². The van der Waals surface area contributed by atoms with E-state index in [2.05, 4.69) is 5.32 Å². The SMILES string of the molecule is CN[CH]CC(O)(F)F. The van der Waals surface area contributed by atoms with Gasteiger partial charge >= 0.3 is 6.11 Å². The molecule has 0 fully saturated rings. The molecule has 1 radical (unpaired) electrons. The zero-order chi connectivity index (χ0) is 6.62. The maximum absolute atomic E-state index is 11.4. The Morgan fingerprint density at radius 2 is 2.25 bits per heavy atom. The highest BCUT2D eigenvalue weighted by atomic mass is 19.3.